The Kier molecular flexibility index (Phi) is 6.21. The average Bonchev–Trinajstić information content (AvgIpc) is 2.32. The van der Waals surface area contributed by atoms with E-state index in [4.69, 9.17) is 5.26 Å². The molecule has 0 spiro atoms. The molecule has 0 amide bonds. The quantitative estimate of drug-likeness (QED) is 0.725. The number of unbranched alkanes of at least 4 members (excludes halogenated alkanes) is 3. The van der Waals surface area contributed by atoms with E-state index >= 15 is 0 Å². The van der Waals surface area contributed by atoms with Crippen LogP contribution in [0, 0.1) is 24.1 Å². The molecule has 0 bridgehead atoms. The lowest BCUT2D eigenvalue weighted by molar-refractivity contribution is 0.615. The van der Waals surface area contributed by atoms with Gasteiger partial charge in [0.1, 0.15) is 11.9 Å². The molecule has 0 saturated carbocycles. The lowest BCUT2D eigenvalue weighted by atomic mass is 10.1. The number of hydrogen-bond acceptors (Lipinski definition) is 2. The van der Waals surface area contributed by atoms with Crippen LogP contribution < -0.4 is 5.32 Å². The minimum absolute atomic E-state index is 0.233. The number of benzene rings is 1. The summed E-state index contributed by atoms with van der Waals surface area (Å²) < 4.78 is 13.2. The van der Waals surface area contributed by atoms with Gasteiger partial charge in [-0.3, -0.25) is 0 Å². The van der Waals surface area contributed by atoms with Crippen molar-refractivity contribution in [2.45, 2.75) is 52.0 Å². The van der Waals surface area contributed by atoms with Gasteiger partial charge in [0.2, 0.25) is 0 Å². The van der Waals surface area contributed by atoms with Gasteiger partial charge in [-0.2, -0.15) is 5.26 Å². The van der Waals surface area contributed by atoms with Crippen LogP contribution in [0.1, 0.15) is 44.6 Å². The molecule has 0 fully saturated rings. The van der Waals surface area contributed by atoms with E-state index < -0.39 is 0 Å². The van der Waals surface area contributed by atoms with Crippen LogP contribution in [0.5, 0.6) is 0 Å². The highest BCUT2D eigenvalue weighted by Gasteiger charge is 2.07. The predicted molar refractivity (Wildman–Crippen MR) is 72.9 cm³/mol. The second-order valence-corrected chi connectivity index (χ2v) is 4.69. The number of hydrogen-bond donors (Lipinski definition) is 1. The molecule has 1 unspecified atom stereocenters. The number of nitrogens with one attached hydrogen (secondary N) is 1. The van der Waals surface area contributed by atoms with Gasteiger partial charge in [0, 0.05) is 5.69 Å². The first-order valence-corrected chi connectivity index (χ1v) is 6.59. The molecule has 0 aromatic heterocycles. The van der Waals surface area contributed by atoms with Crippen molar-refractivity contribution in [3.63, 3.8) is 0 Å². The molecule has 0 radical (unpaired) electrons. The molecule has 3 heteroatoms. The molecule has 0 aliphatic heterocycles. The van der Waals surface area contributed by atoms with Crippen molar-refractivity contribution in [2.75, 3.05) is 5.32 Å². The van der Waals surface area contributed by atoms with Crippen LogP contribution in [0.2, 0.25) is 0 Å². The van der Waals surface area contributed by atoms with Crippen LogP contribution in [0.15, 0.2) is 18.2 Å². The summed E-state index contributed by atoms with van der Waals surface area (Å²) in [6.45, 7) is 4.01. The Morgan fingerprint density at radius 2 is 2.06 bits per heavy atom. The maximum Gasteiger partial charge on any atom is 0.125 e. The highest BCUT2D eigenvalue weighted by molar-refractivity contribution is 5.47. The second kappa shape index (κ2) is 7.71. The van der Waals surface area contributed by atoms with Gasteiger partial charge in [-0.15, -0.1) is 0 Å². The number of nitriles is 1. The van der Waals surface area contributed by atoms with Gasteiger partial charge in [-0.1, -0.05) is 32.6 Å². The van der Waals surface area contributed by atoms with Gasteiger partial charge in [-0.05, 0) is 37.1 Å². The SMILES string of the molecule is CCCCCCC(C#N)Nc1cc(C)cc(F)c1. The van der Waals surface area contributed by atoms with E-state index in [9.17, 15) is 4.39 Å². The van der Waals surface area contributed by atoms with Crippen LogP contribution in [0.4, 0.5) is 10.1 Å². The lowest BCUT2D eigenvalue weighted by Gasteiger charge is -2.13. The summed E-state index contributed by atoms with van der Waals surface area (Å²) in [6.07, 6.45) is 5.39. The maximum atomic E-state index is 13.2. The molecular weight excluding hydrogens is 227 g/mol. The zero-order chi connectivity index (χ0) is 13.4. The monoisotopic (exact) mass is 248 g/mol. The highest BCUT2D eigenvalue weighted by atomic mass is 19.1. The largest absolute Gasteiger partial charge is 0.370 e. The standard InChI is InChI=1S/C15H21FN2/c1-3-4-5-6-7-14(11-17)18-15-9-12(2)8-13(16)10-15/h8-10,14,18H,3-7H2,1-2H3. The molecule has 1 rings (SSSR count). The predicted octanol–water partition coefficient (Wildman–Crippen LogP) is 4.41. The van der Waals surface area contributed by atoms with E-state index in [1.165, 1.54) is 25.0 Å². The summed E-state index contributed by atoms with van der Waals surface area (Å²) in [4.78, 5) is 0. The summed E-state index contributed by atoms with van der Waals surface area (Å²) in [5.74, 6) is -0.264. The Labute approximate surface area is 109 Å². The van der Waals surface area contributed by atoms with Crippen molar-refractivity contribution in [3.05, 3.63) is 29.6 Å². The normalized spacial score (nSPS) is 11.9. The minimum atomic E-state index is -0.264. The number of aryl methyl sites for hydroxylation is 1. The fourth-order valence-corrected chi connectivity index (χ4v) is 1.97. The average molecular weight is 248 g/mol. The van der Waals surface area contributed by atoms with Crippen molar-refractivity contribution < 1.29 is 4.39 Å². The van der Waals surface area contributed by atoms with Crippen molar-refractivity contribution in [3.8, 4) is 6.07 Å². The first kappa shape index (κ1) is 14.5. The smallest absolute Gasteiger partial charge is 0.125 e. The summed E-state index contributed by atoms with van der Waals surface area (Å²) in [5, 5.41) is 12.2. The fraction of sp³-hybridized carbons (Fsp3) is 0.533. The van der Waals surface area contributed by atoms with Gasteiger partial charge in [0.05, 0.1) is 6.07 Å². The van der Waals surface area contributed by atoms with Crippen molar-refractivity contribution in [1.82, 2.24) is 0 Å². The molecule has 2 nitrogen and oxygen atoms in total. The van der Waals surface area contributed by atoms with Crippen molar-refractivity contribution in [2.24, 2.45) is 0 Å². The van der Waals surface area contributed by atoms with Gasteiger partial charge in [0.15, 0.2) is 0 Å². The van der Waals surface area contributed by atoms with Gasteiger partial charge in [-0.25, -0.2) is 4.39 Å². The Morgan fingerprint density at radius 3 is 2.67 bits per heavy atom. The second-order valence-electron chi connectivity index (χ2n) is 4.69. The van der Waals surface area contributed by atoms with Crippen LogP contribution in [-0.2, 0) is 0 Å². The maximum absolute atomic E-state index is 13.2. The molecule has 1 aromatic rings. The van der Waals surface area contributed by atoms with Gasteiger partial charge < -0.3 is 5.32 Å². The van der Waals surface area contributed by atoms with Crippen LogP contribution in [0.25, 0.3) is 0 Å². The fourth-order valence-electron chi connectivity index (χ4n) is 1.97. The zero-order valence-electron chi connectivity index (χ0n) is 11.2. The van der Waals surface area contributed by atoms with E-state index in [1.54, 1.807) is 0 Å². The van der Waals surface area contributed by atoms with Crippen LogP contribution >= 0.6 is 0 Å². The molecule has 1 N–H and O–H groups in total. The third-order valence-corrected chi connectivity index (χ3v) is 2.89. The first-order valence-electron chi connectivity index (χ1n) is 6.59. The summed E-state index contributed by atoms with van der Waals surface area (Å²) in [6, 6.07) is 6.77. The Bertz CT molecular complexity index is 389. The molecule has 1 aromatic carbocycles. The molecule has 0 saturated heterocycles. The Morgan fingerprint density at radius 1 is 1.28 bits per heavy atom. The Balaban J connectivity index is 2.49. The third-order valence-electron chi connectivity index (χ3n) is 2.89. The number of halogens is 1. The van der Waals surface area contributed by atoms with Crippen molar-refractivity contribution >= 4 is 5.69 Å². The molecule has 1 atom stereocenters. The minimum Gasteiger partial charge on any atom is -0.370 e. The highest BCUT2D eigenvalue weighted by Crippen LogP contribution is 2.16. The van der Waals surface area contributed by atoms with E-state index in [2.05, 4.69) is 18.3 Å². The van der Waals surface area contributed by atoms with Gasteiger partial charge >= 0.3 is 0 Å². The molecule has 0 heterocycles. The van der Waals surface area contributed by atoms with E-state index in [0.29, 0.717) is 5.69 Å². The molecular formula is C15H21FN2. The van der Waals surface area contributed by atoms with Crippen LogP contribution in [0.3, 0.4) is 0 Å². The molecule has 0 aliphatic rings. The molecule has 0 aliphatic carbocycles. The lowest BCUT2D eigenvalue weighted by Crippen LogP contribution is -2.17. The van der Waals surface area contributed by atoms with E-state index in [-0.39, 0.29) is 11.9 Å². The molecule has 98 valence electrons. The summed E-state index contributed by atoms with van der Waals surface area (Å²) >= 11 is 0. The van der Waals surface area contributed by atoms with E-state index in [0.717, 1.165) is 24.8 Å². The third kappa shape index (κ3) is 5.18. The van der Waals surface area contributed by atoms with Crippen molar-refractivity contribution in [1.29, 1.82) is 5.26 Å². The summed E-state index contributed by atoms with van der Waals surface area (Å²) in [5.41, 5.74) is 1.55. The zero-order valence-corrected chi connectivity index (χ0v) is 11.2. The number of anilines is 1. The summed E-state index contributed by atoms with van der Waals surface area (Å²) in [7, 11) is 0. The first-order chi connectivity index (χ1) is 8.65. The van der Waals surface area contributed by atoms with E-state index in [1.807, 2.05) is 13.0 Å². The number of rotatable bonds is 7. The van der Waals surface area contributed by atoms with Crippen LogP contribution in [-0.4, -0.2) is 6.04 Å². The topological polar surface area (TPSA) is 35.8 Å². The Hall–Kier alpha value is -1.56. The van der Waals surface area contributed by atoms with Gasteiger partial charge in [0.25, 0.3) is 0 Å². The molecule has 18 heavy (non-hydrogen) atoms. The number of nitrogens with zero attached hydrogens (tertiary/aromatic N) is 1.